The minimum absolute atomic E-state index is 0.0235. The van der Waals surface area contributed by atoms with Crippen LogP contribution in [0.15, 0.2) is 72.8 Å². The highest BCUT2D eigenvalue weighted by atomic mass is 19.4. The summed E-state index contributed by atoms with van der Waals surface area (Å²) in [5, 5.41) is 2.53. The minimum atomic E-state index is -4.55. The molecule has 0 saturated heterocycles. The molecule has 29 heavy (non-hydrogen) atoms. The molecule has 150 valence electrons. The van der Waals surface area contributed by atoms with Gasteiger partial charge in [0.05, 0.1) is 24.8 Å². The number of hydrogen-bond donors (Lipinski definition) is 1. The lowest BCUT2D eigenvalue weighted by atomic mass is 10.1. The van der Waals surface area contributed by atoms with Crippen molar-refractivity contribution in [2.45, 2.75) is 12.6 Å². The molecular weight excluding hydrogens is 383 g/mol. The highest BCUT2D eigenvalue weighted by Gasteiger charge is 2.31. The molecule has 0 aromatic heterocycles. The summed E-state index contributed by atoms with van der Waals surface area (Å²) in [6.45, 7) is 0. The van der Waals surface area contributed by atoms with Crippen LogP contribution in [0.1, 0.15) is 11.1 Å². The van der Waals surface area contributed by atoms with Crippen molar-refractivity contribution in [2.24, 2.45) is 0 Å². The smallest absolute Gasteiger partial charge is 0.416 e. The van der Waals surface area contributed by atoms with Crippen LogP contribution < -0.4 is 14.8 Å². The van der Waals surface area contributed by atoms with Gasteiger partial charge in [-0.15, -0.1) is 0 Å². The fourth-order valence-electron chi connectivity index (χ4n) is 2.66. The lowest BCUT2D eigenvalue weighted by molar-refractivity contribution is -0.137. The molecule has 0 radical (unpaired) electrons. The Balaban J connectivity index is 1.88. The van der Waals surface area contributed by atoms with Gasteiger partial charge in [-0.2, -0.15) is 13.2 Å². The van der Waals surface area contributed by atoms with Gasteiger partial charge in [0, 0.05) is 6.07 Å². The van der Waals surface area contributed by atoms with Crippen LogP contribution in [0.4, 0.5) is 18.9 Å². The Hall–Kier alpha value is -3.48. The summed E-state index contributed by atoms with van der Waals surface area (Å²) < 4.78 is 50.2. The van der Waals surface area contributed by atoms with Crippen LogP contribution in [0.3, 0.4) is 0 Å². The molecule has 0 spiro atoms. The van der Waals surface area contributed by atoms with Crippen molar-refractivity contribution in [3.63, 3.8) is 0 Å². The van der Waals surface area contributed by atoms with Gasteiger partial charge in [-0.1, -0.05) is 36.4 Å². The number of ether oxygens (including phenoxy) is 2. The third-order valence-corrected chi connectivity index (χ3v) is 4.06. The summed E-state index contributed by atoms with van der Waals surface area (Å²) >= 11 is 0. The maximum Gasteiger partial charge on any atom is 0.416 e. The minimum Gasteiger partial charge on any atom is -0.497 e. The van der Waals surface area contributed by atoms with Gasteiger partial charge in [0.15, 0.2) is 5.75 Å². The summed E-state index contributed by atoms with van der Waals surface area (Å²) in [6, 6.07) is 18.5. The van der Waals surface area contributed by atoms with Gasteiger partial charge in [0.25, 0.3) is 0 Å². The van der Waals surface area contributed by atoms with Crippen molar-refractivity contribution in [3.8, 4) is 17.2 Å². The van der Waals surface area contributed by atoms with Crippen molar-refractivity contribution in [1.29, 1.82) is 0 Å². The molecule has 0 bridgehead atoms. The second kappa shape index (κ2) is 8.68. The summed E-state index contributed by atoms with van der Waals surface area (Å²) in [5.74, 6) is 0.533. The zero-order valence-electron chi connectivity index (χ0n) is 15.5. The van der Waals surface area contributed by atoms with Crippen LogP contribution in [-0.2, 0) is 17.4 Å². The molecule has 0 atom stereocenters. The maximum atomic E-state index is 13.1. The number of carbonyl (C=O) groups is 1. The lowest BCUT2D eigenvalue weighted by Crippen LogP contribution is -2.16. The van der Waals surface area contributed by atoms with Crippen LogP contribution in [0.2, 0.25) is 0 Å². The number of benzene rings is 3. The predicted octanol–water partition coefficient (Wildman–Crippen LogP) is 5.69. The van der Waals surface area contributed by atoms with E-state index in [-0.39, 0.29) is 17.9 Å². The van der Waals surface area contributed by atoms with Crippen molar-refractivity contribution >= 4 is 11.6 Å². The van der Waals surface area contributed by atoms with E-state index >= 15 is 0 Å². The Morgan fingerprint density at radius 2 is 1.66 bits per heavy atom. The fraction of sp³-hybridized carbons (Fsp3) is 0.136. The first-order valence-electron chi connectivity index (χ1n) is 8.72. The third-order valence-electron chi connectivity index (χ3n) is 4.06. The molecule has 1 N–H and O–H groups in total. The van der Waals surface area contributed by atoms with Gasteiger partial charge in [0.1, 0.15) is 11.5 Å². The summed E-state index contributed by atoms with van der Waals surface area (Å²) in [6.07, 6.45) is -4.52. The van der Waals surface area contributed by atoms with Gasteiger partial charge < -0.3 is 14.8 Å². The number of hydrogen-bond acceptors (Lipinski definition) is 3. The van der Waals surface area contributed by atoms with Crippen molar-refractivity contribution in [1.82, 2.24) is 0 Å². The van der Waals surface area contributed by atoms with E-state index < -0.39 is 17.6 Å². The van der Waals surface area contributed by atoms with Crippen molar-refractivity contribution in [3.05, 3.63) is 83.9 Å². The van der Waals surface area contributed by atoms with Crippen molar-refractivity contribution < 1.29 is 27.4 Å². The van der Waals surface area contributed by atoms with Crippen LogP contribution in [0.5, 0.6) is 17.2 Å². The first-order chi connectivity index (χ1) is 13.8. The van der Waals surface area contributed by atoms with Crippen LogP contribution in [0, 0.1) is 0 Å². The fourth-order valence-corrected chi connectivity index (χ4v) is 2.66. The first kappa shape index (κ1) is 20.3. The summed E-state index contributed by atoms with van der Waals surface area (Å²) in [5.41, 5.74) is -0.207. The molecule has 1 amide bonds. The Morgan fingerprint density at radius 3 is 2.34 bits per heavy atom. The first-order valence-corrected chi connectivity index (χ1v) is 8.72. The Bertz CT molecular complexity index is 988. The Morgan fingerprint density at radius 1 is 0.931 bits per heavy atom. The number of amides is 1. The number of halogens is 3. The second-order valence-electron chi connectivity index (χ2n) is 6.20. The van der Waals surface area contributed by atoms with E-state index in [9.17, 15) is 18.0 Å². The van der Waals surface area contributed by atoms with Crippen LogP contribution in [-0.4, -0.2) is 13.0 Å². The lowest BCUT2D eigenvalue weighted by Gasteiger charge is -2.15. The molecule has 0 unspecified atom stereocenters. The topological polar surface area (TPSA) is 47.6 Å². The number of rotatable bonds is 6. The largest absolute Gasteiger partial charge is 0.497 e. The van der Waals surface area contributed by atoms with Gasteiger partial charge >= 0.3 is 6.18 Å². The highest BCUT2D eigenvalue weighted by Crippen LogP contribution is 2.37. The van der Waals surface area contributed by atoms with Gasteiger partial charge in [-0.05, 0) is 35.9 Å². The summed E-state index contributed by atoms with van der Waals surface area (Å²) in [7, 11) is 1.49. The second-order valence-corrected chi connectivity index (χ2v) is 6.20. The molecule has 3 aromatic carbocycles. The zero-order chi connectivity index (χ0) is 20.9. The molecule has 7 heteroatoms. The van der Waals surface area contributed by atoms with Gasteiger partial charge in [-0.25, -0.2) is 0 Å². The van der Waals surface area contributed by atoms with Gasteiger partial charge in [-0.3, -0.25) is 4.79 Å². The predicted molar refractivity (Wildman–Crippen MR) is 103 cm³/mol. The molecule has 0 aliphatic heterocycles. The summed E-state index contributed by atoms with van der Waals surface area (Å²) in [4.78, 5) is 12.4. The number of alkyl halides is 3. The molecule has 0 aliphatic rings. The molecule has 0 fully saturated rings. The van der Waals surface area contributed by atoms with E-state index in [1.165, 1.54) is 13.2 Å². The van der Waals surface area contributed by atoms with E-state index in [0.717, 1.165) is 17.7 Å². The maximum absolute atomic E-state index is 13.1. The third kappa shape index (κ3) is 5.51. The molecule has 3 rings (SSSR count). The van der Waals surface area contributed by atoms with Gasteiger partial charge in [0.2, 0.25) is 5.91 Å². The molecule has 0 aliphatic carbocycles. The van der Waals surface area contributed by atoms with E-state index in [2.05, 4.69) is 5.32 Å². The van der Waals surface area contributed by atoms with E-state index in [1.807, 2.05) is 6.07 Å². The Kier molecular flexibility index (Phi) is 6.07. The Labute approximate surface area is 165 Å². The normalized spacial score (nSPS) is 11.0. The van der Waals surface area contributed by atoms with E-state index in [1.54, 1.807) is 48.5 Å². The van der Waals surface area contributed by atoms with Crippen LogP contribution in [0.25, 0.3) is 0 Å². The monoisotopic (exact) mass is 401 g/mol. The van der Waals surface area contributed by atoms with E-state index in [4.69, 9.17) is 9.47 Å². The van der Waals surface area contributed by atoms with Crippen molar-refractivity contribution in [2.75, 3.05) is 12.4 Å². The molecule has 4 nitrogen and oxygen atoms in total. The number of nitrogens with one attached hydrogen (secondary N) is 1. The highest BCUT2D eigenvalue weighted by molar-refractivity contribution is 5.93. The number of anilines is 1. The SMILES string of the molecule is COc1cccc(Oc2ccc(C(F)(F)F)cc2NC(=O)Cc2ccccc2)c1. The quantitative estimate of drug-likeness (QED) is 0.577. The standard InChI is InChI=1S/C22H18F3NO3/c1-28-17-8-5-9-18(14-17)29-20-11-10-16(22(23,24)25)13-19(20)26-21(27)12-15-6-3-2-4-7-15/h2-11,13-14H,12H2,1H3,(H,26,27). The molecule has 0 heterocycles. The molecule has 0 saturated carbocycles. The van der Waals surface area contributed by atoms with E-state index in [0.29, 0.717) is 11.5 Å². The number of carbonyl (C=O) groups excluding carboxylic acids is 1. The zero-order valence-corrected chi connectivity index (χ0v) is 15.5. The average Bonchev–Trinajstić information content (AvgIpc) is 2.69. The average molecular weight is 401 g/mol. The molecule has 3 aromatic rings. The number of methoxy groups -OCH3 is 1. The molecular formula is C22H18F3NO3. The van der Waals surface area contributed by atoms with Crippen LogP contribution >= 0.6 is 0 Å².